The third-order valence-electron chi connectivity index (χ3n) is 5.52. The number of rotatable bonds is 10. The zero-order chi connectivity index (χ0) is 24.7. The van der Waals surface area contributed by atoms with Gasteiger partial charge in [0.2, 0.25) is 0 Å². The van der Waals surface area contributed by atoms with Gasteiger partial charge >= 0.3 is 0 Å². The highest BCUT2D eigenvalue weighted by molar-refractivity contribution is 6.11. The predicted molar refractivity (Wildman–Crippen MR) is 134 cm³/mol. The molecule has 0 aromatic heterocycles. The Kier molecular flexibility index (Phi) is 8.18. The second-order valence-corrected chi connectivity index (χ2v) is 8.60. The van der Waals surface area contributed by atoms with Crippen LogP contribution < -0.4 is 14.2 Å². The first-order chi connectivity index (χ1) is 16.3. The summed E-state index contributed by atoms with van der Waals surface area (Å²) in [6.45, 7) is 6.30. The number of phenolic OH excluding ortho intramolecular Hbond substituents is 1. The van der Waals surface area contributed by atoms with Gasteiger partial charge in [-0.1, -0.05) is 29.9 Å². The van der Waals surface area contributed by atoms with Crippen LogP contribution in [0.3, 0.4) is 0 Å². The van der Waals surface area contributed by atoms with E-state index in [2.05, 4.69) is 19.9 Å². The summed E-state index contributed by atoms with van der Waals surface area (Å²) in [5.41, 5.74) is 2.12. The van der Waals surface area contributed by atoms with Crippen LogP contribution in [0.2, 0.25) is 0 Å². The summed E-state index contributed by atoms with van der Waals surface area (Å²) in [7, 11) is 3.02. The second-order valence-electron chi connectivity index (χ2n) is 8.60. The summed E-state index contributed by atoms with van der Waals surface area (Å²) in [5, 5.41) is 10.9. The standard InChI is InChI=1S/C28H32O6/c1-19(2)7-6-15-28(3)16-14-22-24(34-28)17-25(32-5)26(27(22)30)23(29)13-10-20-8-11-21(12-9-20)33-18-31-4/h7-14,16-17,30H,6,15,18H2,1-5H3. The van der Waals surface area contributed by atoms with Crippen LogP contribution in [-0.4, -0.2) is 37.5 Å². The summed E-state index contributed by atoms with van der Waals surface area (Å²) in [4.78, 5) is 13.0. The average molecular weight is 465 g/mol. The van der Waals surface area contributed by atoms with Gasteiger partial charge in [0, 0.05) is 13.2 Å². The Hall–Kier alpha value is -3.51. The van der Waals surface area contributed by atoms with E-state index in [1.807, 2.05) is 31.2 Å². The molecule has 0 amide bonds. The number of allylic oxidation sites excluding steroid dienone is 3. The monoisotopic (exact) mass is 464 g/mol. The molecule has 0 saturated carbocycles. The molecular formula is C28H32O6. The van der Waals surface area contributed by atoms with Crippen molar-refractivity contribution in [2.24, 2.45) is 0 Å². The summed E-state index contributed by atoms with van der Waals surface area (Å²) in [6.07, 6.45) is 10.7. The van der Waals surface area contributed by atoms with E-state index in [-0.39, 0.29) is 29.6 Å². The Bertz CT molecular complexity index is 1110. The number of carbonyl (C=O) groups excluding carboxylic acids is 1. The summed E-state index contributed by atoms with van der Waals surface area (Å²) >= 11 is 0. The number of phenols is 1. The van der Waals surface area contributed by atoms with Gasteiger partial charge in [0.05, 0.1) is 12.7 Å². The fourth-order valence-electron chi connectivity index (χ4n) is 3.67. The molecule has 1 aliphatic heterocycles. The first-order valence-electron chi connectivity index (χ1n) is 11.2. The maximum Gasteiger partial charge on any atom is 0.193 e. The first kappa shape index (κ1) is 25.1. The molecule has 2 aromatic carbocycles. The number of methoxy groups -OCH3 is 2. The minimum Gasteiger partial charge on any atom is -0.506 e. The highest BCUT2D eigenvalue weighted by Gasteiger charge is 2.31. The van der Waals surface area contributed by atoms with E-state index in [1.54, 1.807) is 31.4 Å². The van der Waals surface area contributed by atoms with Gasteiger partial charge < -0.3 is 24.1 Å². The summed E-state index contributed by atoms with van der Waals surface area (Å²) < 4.78 is 21.9. The van der Waals surface area contributed by atoms with E-state index >= 15 is 0 Å². The fraction of sp³-hybridized carbons (Fsp3) is 0.321. The molecule has 0 spiro atoms. The van der Waals surface area contributed by atoms with E-state index in [1.165, 1.54) is 18.8 Å². The number of ether oxygens (including phenoxy) is 4. The molecule has 6 nitrogen and oxygen atoms in total. The molecule has 2 aromatic rings. The molecule has 3 rings (SSSR count). The Balaban J connectivity index is 1.82. The second kappa shape index (κ2) is 11.1. The van der Waals surface area contributed by atoms with Crippen molar-refractivity contribution in [1.82, 2.24) is 0 Å². The summed E-state index contributed by atoms with van der Waals surface area (Å²) in [6, 6.07) is 8.89. The van der Waals surface area contributed by atoms with Gasteiger partial charge in [0.15, 0.2) is 12.6 Å². The number of fused-ring (bicyclic) bond motifs is 1. The topological polar surface area (TPSA) is 74.2 Å². The Morgan fingerprint density at radius 2 is 1.91 bits per heavy atom. The van der Waals surface area contributed by atoms with Crippen LogP contribution in [0.25, 0.3) is 12.2 Å². The van der Waals surface area contributed by atoms with Crippen LogP contribution in [0.1, 0.15) is 55.1 Å². The van der Waals surface area contributed by atoms with Gasteiger partial charge in [-0.25, -0.2) is 0 Å². The lowest BCUT2D eigenvalue weighted by Gasteiger charge is -2.32. The maximum atomic E-state index is 13.0. The van der Waals surface area contributed by atoms with Gasteiger partial charge in [0.1, 0.15) is 34.2 Å². The molecule has 1 atom stereocenters. The number of carbonyl (C=O) groups is 1. The van der Waals surface area contributed by atoms with Crippen LogP contribution in [0.15, 0.2) is 54.1 Å². The molecule has 1 aliphatic rings. The van der Waals surface area contributed by atoms with Crippen LogP contribution in [0.5, 0.6) is 23.0 Å². The van der Waals surface area contributed by atoms with Crippen molar-refractivity contribution in [2.45, 2.75) is 39.2 Å². The highest BCUT2D eigenvalue weighted by atomic mass is 16.7. The zero-order valence-corrected chi connectivity index (χ0v) is 20.4. The van der Waals surface area contributed by atoms with E-state index in [0.717, 1.165) is 18.4 Å². The van der Waals surface area contributed by atoms with Gasteiger partial charge in [-0.3, -0.25) is 4.79 Å². The summed E-state index contributed by atoms with van der Waals surface area (Å²) in [5.74, 6) is 0.885. The minimum absolute atomic E-state index is 0.0962. The lowest BCUT2D eigenvalue weighted by Crippen LogP contribution is -2.31. The molecule has 0 radical (unpaired) electrons. The average Bonchev–Trinajstić information content (AvgIpc) is 2.81. The zero-order valence-electron chi connectivity index (χ0n) is 20.4. The molecule has 34 heavy (non-hydrogen) atoms. The first-order valence-corrected chi connectivity index (χ1v) is 11.2. The Morgan fingerprint density at radius 3 is 2.56 bits per heavy atom. The third kappa shape index (κ3) is 6.08. The Morgan fingerprint density at radius 1 is 1.18 bits per heavy atom. The van der Waals surface area contributed by atoms with Gasteiger partial charge in [-0.2, -0.15) is 0 Å². The smallest absolute Gasteiger partial charge is 0.193 e. The lowest BCUT2D eigenvalue weighted by molar-refractivity contribution is 0.0511. The molecule has 1 unspecified atom stereocenters. The predicted octanol–water partition coefficient (Wildman–Crippen LogP) is 6.19. The lowest BCUT2D eigenvalue weighted by atomic mass is 9.92. The highest BCUT2D eigenvalue weighted by Crippen LogP contribution is 2.44. The minimum atomic E-state index is -0.513. The van der Waals surface area contributed by atoms with Crippen molar-refractivity contribution in [2.75, 3.05) is 21.0 Å². The number of aromatic hydroxyl groups is 1. The molecule has 0 saturated heterocycles. The van der Waals surface area contributed by atoms with Crippen LogP contribution in [0, 0.1) is 0 Å². The van der Waals surface area contributed by atoms with Crippen LogP contribution in [-0.2, 0) is 4.74 Å². The molecule has 0 bridgehead atoms. The molecule has 180 valence electrons. The number of hydrogen-bond acceptors (Lipinski definition) is 6. The number of benzene rings is 2. The van der Waals surface area contributed by atoms with Crippen LogP contribution >= 0.6 is 0 Å². The van der Waals surface area contributed by atoms with E-state index in [0.29, 0.717) is 17.1 Å². The van der Waals surface area contributed by atoms with Gasteiger partial charge in [-0.05, 0) is 69.5 Å². The van der Waals surface area contributed by atoms with Crippen LogP contribution in [0.4, 0.5) is 0 Å². The van der Waals surface area contributed by atoms with Crippen molar-refractivity contribution in [3.63, 3.8) is 0 Å². The maximum absolute atomic E-state index is 13.0. The molecule has 1 heterocycles. The molecule has 6 heteroatoms. The van der Waals surface area contributed by atoms with Gasteiger partial charge in [-0.15, -0.1) is 0 Å². The van der Waals surface area contributed by atoms with Crippen molar-refractivity contribution < 1.29 is 28.8 Å². The van der Waals surface area contributed by atoms with Crippen molar-refractivity contribution in [3.05, 3.63) is 70.8 Å². The number of ketones is 1. The molecule has 1 N–H and O–H groups in total. The van der Waals surface area contributed by atoms with Crippen molar-refractivity contribution in [3.8, 4) is 23.0 Å². The number of hydrogen-bond donors (Lipinski definition) is 1. The largest absolute Gasteiger partial charge is 0.506 e. The quantitative estimate of drug-likeness (QED) is 0.196. The molecule has 0 fully saturated rings. The normalized spacial score (nSPS) is 16.6. The molecule has 0 aliphatic carbocycles. The van der Waals surface area contributed by atoms with Gasteiger partial charge in [0.25, 0.3) is 0 Å². The molecular weight excluding hydrogens is 432 g/mol. The van der Waals surface area contributed by atoms with E-state index in [4.69, 9.17) is 18.9 Å². The van der Waals surface area contributed by atoms with E-state index in [9.17, 15) is 9.90 Å². The SMILES string of the molecule is COCOc1ccc(C=CC(=O)c2c(OC)cc3c(c2O)C=CC(C)(CCC=C(C)C)O3)cc1. The van der Waals surface area contributed by atoms with E-state index < -0.39 is 5.60 Å². The van der Waals surface area contributed by atoms with Crippen molar-refractivity contribution >= 4 is 17.9 Å². The third-order valence-corrected chi connectivity index (χ3v) is 5.52. The van der Waals surface area contributed by atoms with Crippen molar-refractivity contribution in [1.29, 1.82) is 0 Å². The fourth-order valence-corrected chi connectivity index (χ4v) is 3.67. The Labute approximate surface area is 201 Å².